The quantitative estimate of drug-likeness (QED) is 0.195. The van der Waals surface area contributed by atoms with Crippen LogP contribution in [0.3, 0.4) is 0 Å². The van der Waals surface area contributed by atoms with Crippen LogP contribution in [0.15, 0.2) is 24.3 Å². The van der Waals surface area contributed by atoms with Crippen LogP contribution in [0.1, 0.15) is 30.6 Å². The van der Waals surface area contributed by atoms with Crippen molar-refractivity contribution in [3.63, 3.8) is 0 Å². The van der Waals surface area contributed by atoms with Crippen molar-refractivity contribution in [3.05, 3.63) is 29.8 Å². The van der Waals surface area contributed by atoms with Crippen LogP contribution in [-0.4, -0.2) is 63.8 Å². The molecule has 0 aliphatic rings. The second kappa shape index (κ2) is 13.3. The van der Waals surface area contributed by atoms with Crippen LogP contribution in [-0.2, 0) is 23.8 Å². The standard InChI is InChI=1S/C20H28N2O8/c1-20(2,18(21)25)14-28-9-7-17(24)22-8-10-27-11-12-29-19(26)30-16-5-3-15(13-23)4-6-16/h3-6,13H,7-12,14H2,1-2H3,(H2,21,25)(H,22,24). The van der Waals surface area contributed by atoms with Crippen LogP contribution < -0.4 is 15.8 Å². The van der Waals surface area contributed by atoms with E-state index in [2.05, 4.69) is 5.32 Å². The summed E-state index contributed by atoms with van der Waals surface area (Å²) in [4.78, 5) is 44.8. The van der Waals surface area contributed by atoms with Gasteiger partial charge in [-0.15, -0.1) is 0 Å². The number of carbonyl (C=O) groups is 4. The van der Waals surface area contributed by atoms with Gasteiger partial charge in [0.15, 0.2) is 0 Å². The summed E-state index contributed by atoms with van der Waals surface area (Å²) >= 11 is 0. The molecule has 1 rings (SSSR count). The number of ether oxygens (including phenoxy) is 4. The van der Waals surface area contributed by atoms with Crippen molar-refractivity contribution in [2.24, 2.45) is 11.1 Å². The molecule has 0 aliphatic heterocycles. The van der Waals surface area contributed by atoms with Gasteiger partial charge in [0.25, 0.3) is 0 Å². The molecule has 0 aliphatic carbocycles. The lowest BCUT2D eigenvalue weighted by Crippen LogP contribution is -2.36. The lowest BCUT2D eigenvalue weighted by Gasteiger charge is -2.19. The van der Waals surface area contributed by atoms with Crippen LogP contribution in [0, 0.1) is 5.41 Å². The van der Waals surface area contributed by atoms with Crippen molar-refractivity contribution in [2.75, 3.05) is 39.6 Å². The van der Waals surface area contributed by atoms with Gasteiger partial charge in [0, 0.05) is 18.5 Å². The van der Waals surface area contributed by atoms with Crippen LogP contribution in [0.25, 0.3) is 0 Å². The zero-order valence-electron chi connectivity index (χ0n) is 17.2. The van der Waals surface area contributed by atoms with E-state index in [9.17, 15) is 19.2 Å². The van der Waals surface area contributed by atoms with Crippen molar-refractivity contribution in [1.82, 2.24) is 5.32 Å². The topological polar surface area (TPSA) is 143 Å². The minimum Gasteiger partial charge on any atom is -0.432 e. The predicted octanol–water partition coefficient (Wildman–Crippen LogP) is 1.07. The van der Waals surface area contributed by atoms with Gasteiger partial charge in [0.2, 0.25) is 11.8 Å². The van der Waals surface area contributed by atoms with E-state index < -0.39 is 17.5 Å². The number of rotatable bonds is 14. The van der Waals surface area contributed by atoms with Gasteiger partial charge in [-0.05, 0) is 38.1 Å². The number of nitrogens with two attached hydrogens (primary N) is 1. The lowest BCUT2D eigenvalue weighted by atomic mass is 9.94. The molecule has 0 saturated carbocycles. The SMILES string of the molecule is CC(C)(COCCC(=O)NCCOCCOC(=O)Oc1ccc(C=O)cc1)C(N)=O. The number of nitrogens with one attached hydrogen (secondary N) is 1. The molecule has 0 saturated heterocycles. The molecule has 0 heterocycles. The Morgan fingerprint density at radius 2 is 1.73 bits per heavy atom. The van der Waals surface area contributed by atoms with Crippen molar-refractivity contribution < 1.29 is 38.1 Å². The first-order valence-corrected chi connectivity index (χ1v) is 9.36. The molecule has 0 bridgehead atoms. The number of primary amides is 1. The molecular formula is C20H28N2O8. The number of amides is 2. The summed E-state index contributed by atoms with van der Waals surface area (Å²) in [5, 5.41) is 2.65. The first-order chi connectivity index (χ1) is 14.2. The average molecular weight is 424 g/mol. The van der Waals surface area contributed by atoms with E-state index in [0.717, 1.165) is 0 Å². The minimum atomic E-state index is -0.884. The highest BCUT2D eigenvalue weighted by Gasteiger charge is 2.25. The molecule has 0 unspecified atom stereocenters. The van der Waals surface area contributed by atoms with E-state index in [1.807, 2.05) is 0 Å². The van der Waals surface area contributed by atoms with E-state index in [1.165, 1.54) is 24.3 Å². The highest BCUT2D eigenvalue weighted by atomic mass is 16.7. The largest absolute Gasteiger partial charge is 0.513 e. The summed E-state index contributed by atoms with van der Waals surface area (Å²) in [6.45, 7) is 4.32. The molecular weight excluding hydrogens is 396 g/mol. The Bertz CT molecular complexity index is 703. The molecule has 2 amide bonds. The molecule has 0 fully saturated rings. The Morgan fingerprint density at radius 3 is 2.37 bits per heavy atom. The summed E-state index contributed by atoms with van der Waals surface area (Å²) in [6, 6.07) is 5.99. The van der Waals surface area contributed by atoms with Gasteiger partial charge in [-0.3, -0.25) is 14.4 Å². The molecule has 10 nitrogen and oxygen atoms in total. The highest BCUT2D eigenvalue weighted by molar-refractivity contribution is 5.80. The average Bonchev–Trinajstić information content (AvgIpc) is 2.71. The molecule has 10 heteroatoms. The monoisotopic (exact) mass is 424 g/mol. The van der Waals surface area contributed by atoms with Gasteiger partial charge in [-0.25, -0.2) is 4.79 Å². The summed E-state index contributed by atoms with van der Waals surface area (Å²) in [7, 11) is 0. The Morgan fingerprint density at radius 1 is 1.03 bits per heavy atom. The van der Waals surface area contributed by atoms with Gasteiger partial charge >= 0.3 is 6.16 Å². The second-order valence-electron chi connectivity index (χ2n) is 6.90. The van der Waals surface area contributed by atoms with Crippen LogP contribution >= 0.6 is 0 Å². The smallest absolute Gasteiger partial charge is 0.432 e. The van der Waals surface area contributed by atoms with Gasteiger partial charge in [0.1, 0.15) is 18.6 Å². The second-order valence-corrected chi connectivity index (χ2v) is 6.90. The predicted molar refractivity (Wildman–Crippen MR) is 106 cm³/mol. The fourth-order valence-electron chi connectivity index (χ4n) is 1.94. The normalized spacial score (nSPS) is 10.9. The van der Waals surface area contributed by atoms with Crippen molar-refractivity contribution in [3.8, 4) is 5.75 Å². The third-order valence-corrected chi connectivity index (χ3v) is 3.84. The first-order valence-electron chi connectivity index (χ1n) is 9.36. The molecule has 0 radical (unpaired) electrons. The third kappa shape index (κ3) is 10.5. The number of carbonyl (C=O) groups excluding carboxylic acids is 4. The van der Waals surface area contributed by atoms with Crippen LogP contribution in [0.2, 0.25) is 0 Å². The third-order valence-electron chi connectivity index (χ3n) is 3.84. The van der Waals surface area contributed by atoms with Crippen molar-refractivity contribution in [2.45, 2.75) is 20.3 Å². The molecule has 166 valence electrons. The fourth-order valence-corrected chi connectivity index (χ4v) is 1.94. The van der Waals surface area contributed by atoms with Gasteiger partial charge in [0.05, 0.1) is 31.8 Å². The Labute approximate surface area is 175 Å². The molecule has 1 aromatic rings. The summed E-state index contributed by atoms with van der Waals surface area (Å²) in [5.74, 6) is -0.415. The number of hydrogen-bond donors (Lipinski definition) is 2. The first kappa shape index (κ1) is 25.1. The van der Waals surface area contributed by atoms with Gasteiger partial charge < -0.3 is 30.0 Å². The minimum absolute atomic E-state index is 0.0112. The maximum atomic E-state index is 11.7. The molecule has 0 spiro atoms. The van der Waals surface area contributed by atoms with Crippen molar-refractivity contribution >= 4 is 24.3 Å². The maximum Gasteiger partial charge on any atom is 0.513 e. The summed E-state index contributed by atoms with van der Waals surface area (Å²) in [5.41, 5.74) is 4.92. The number of aldehydes is 1. The van der Waals surface area contributed by atoms with E-state index in [1.54, 1.807) is 13.8 Å². The zero-order valence-corrected chi connectivity index (χ0v) is 17.2. The Hall–Kier alpha value is -2.98. The summed E-state index contributed by atoms with van der Waals surface area (Å²) in [6.07, 6.45) is -0.0501. The zero-order chi connectivity index (χ0) is 22.4. The highest BCUT2D eigenvalue weighted by Crippen LogP contribution is 2.14. The van der Waals surface area contributed by atoms with Crippen molar-refractivity contribution in [1.29, 1.82) is 0 Å². The number of hydrogen-bond acceptors (Lipinski definition) is 8. The van der Waals surface area contributed by atoms with E-state index >= 15 is 0 Å². The number of benzene rings is 1. The Kier molecular flexibility index (Phi) is 11.1. The molecule has 0 atom stereocenters. The van der Waals surface area contributed by atoms with Crippen LogP contribution in [0.4, 0.5) is 4.79 Å². The maximum absolute atomic E-state index is 11.7. The fraction of sp³-hybridized carbons (Fsp3) is 0.500. The van der Waals surface area contributed by atoms with Gasteiger partial charge in [-0.2, -0.15) is 0 Å². The lowest BCUT2D eigenvalue weighted by molar-refractivity contribution is -0.129. The summed E-state index contributed by atoms with van der Waals surface area (Å²) < 4.78 is 20.3. The molecule has 3 N–H and O–H groups in total. The Balaban J connectivity index is 2.00. The molecule has 1 aromatic carbocycles. The molecule has 0 aromatic heterocycles. The van der Waals surface area contributed by atoms with Gasteiger partial charge in [-0.1, -0.05) is 0 Å². The van der Waals surface area contributed by atoms with Crippen LogP contribution in [0.5, 0.6) is 5.75 Å². The van der Waals surface area contributed by atoms with E-state index in [-0.39, 0.29) is 51.1 Å². The molecule has 30 heavy (non-hydrogen) atoms. The van der Waals surface area contributed by atoms with E-state index in [4.69, 9.17) is 24.7 Å². The van der Waals surface area contributed by atoms with E-state index in [0.29, 0.717) is 18.4 Å².